The fraction of sp³-hybridized carbons (Fsp3) is 0. The van der Waals surface area contributed by atoms with Gasteiger partial charge in [0.25, 0.3) is 5.91 Å². The molecule has 2 N–H and O–H groups in total. The number of carbonyl (C=O) groups excluding carboxylic acids is 1. The molecule has 0 unspecified atom stereocenters. The van der Waals surface area contributed by atoms with Crippen LogP contribution < -0.4 is 5.32 Å². The number of hydrogen-bond acceptors (Lipinski definition) is 3. The Morgan fingerprint density at radius 3 is 2.57 bits per heavy atom. The molecule has 0 aliphatic rings. The van der Waals surface area contributed by atoms with Crippen molar-refractivity contribution in [1.29, 1.82) is 0 Å². The van der Waals surface area contributed by atoms with Crippen molar-refractivity contribution >= 4 is 11.6 Å². The van der Waals surface area contributed by atoms with Crippen LogP contribution in [0.4, 0.5) is 10.1 Å². The standard InChI is InChI=1S/C15H11FN4O/c16-13-9-17-7-5-12(13)15(21)19-11-3-1-10(2-4-11)14-6-8-18-20-14/h1-9H,(H,18,20)(H,19,21). The van der Waals surface area contributed by atoms with Crippen molar-refractivity contribution in [2.24, 2.45) is 0 Å². The number of carbonyl (C=O) groups is 1. The highest BCUT2D eigenvalue weighted by atomic mass is 19.1. The first-order valence-corrected chi connectivity index (χ1v) is 6.25. The summed E-state index contributed by atoms with van der Waals surface area (Å²) in [6.07, 6.45) is 4.05. The van der Waals surface area contributed by atoms with Crippen LogP contribution in [0.5, 0.6) is 0 Å². The average molecular weight is 282 g/mol. The molecule has 0 fully saturated rings. The molecule has 0 bridgehead atoms. The lowest BCUT2D eigenvalue weighted by molar-refractivity contribution is 0.102. The first-order chi connectivity index (χ1) is 10.2. The van der Waals surface area contributed by atoms with Gasteiger partial charge in [0.2, 0.25) is 0 Å². The molecular formula is C15H11FN4O. The Balaban J connectivity index is 1.77. The molecule has 0 saturated heterocycles. The second-order valence-electron chi connectivity index (χ2n) is 4.36. The summed E-state index contributed by atoms with van der Waals surface area (Å²) in [4.78, 5) is 15.6. The summed E-state index contributed by atoms with van der Waals surface area (Å²) in [7, 11) is 0. The van der Waals surface area contributed by atoms with Crippen LogP contribution in [0.3, 0.4) is 0 Å². The van der Waals surface area contributed by atoms with Gasteiger partial charge in [0.05, 0.1) is 17.5 Å². The number of anilines is 1. The number of aromatic nitrogens is 3. The highest BCUT2D eigenvalue weighted by molar-refractivity contribution is 6.04. The molecule has 104 valence electrons. The van der Waals surface area contributed by atoms with E-state index < -0.39 is 11.7 Å². The van der Waals surface area contributed by atoms with Crippen molar-refractivity contribution in [3.8, 4) is 11.3 Å². The lowest BCUT2D eigenvalue weighted by atomic mass is 10.1. The summed E-state index contributed by atoms with van der Waals surface area (Å²) < 4.78 is 13.5. The quantitative estimate of drug-likeness (QED) is 0.776. The Hall–Kier alpha value is -3.02. The molecule has 0 saturated carbocycles. The Morgan fingerprint density at radius 2 is 1.90 bits per heavy atom. The number of nitrogens with zero attached hydrogens (tertiary/aromatic N) is 2. The molecule has 0 radical (unpaired) electrons. The van der Waals surface area contributed by atoms with Crippen molar-refractivity contribution < 1.29 is 9.18 Å². The van der Waals surface area contributed by atoms with E-state index >= 15 is 0 Å². The lowest BCUT2D eigenvalue weighted by Gasteiger charge is -2.06. The van der Waals surface area contributed by atoms with E-state index in [0.717, 1.165) is 17.5 Å². The van der Waals surface area contributed by atoms with Crippen LogP contribution in [0.15, 0.2) is 55.0 Å². The molecule has 0 spiro atoms. The van der Waals surface area contributed by atoms with Crippen LogP contribution in [0.25, 0.3) is 11.3 Å². The third-order valence-corrected chi connectivity index (χ3v) is 2.97. The Morgan fingerprint density at radius 1 is 1.10 bits per heavy atom. The van der Waals surface area contributed by atoms with Gasteiger partial charge in [-0.15, -0.1) is 0 Å². The Labute approximate surface area is 119 Å². The van der Waals surface area contributed by atoms with E-state index in [-0.39, 0.29) is 5.56 Å². The number of amides is 1. The SMILES string of the molecule is O=C(Nc1ccc(-c2ccn[nH]2)cc1)c1ccncc1F. The highest BCUT2D eigenvalue weighted by Gasteiger charge is 2.11. The van der Waals surface area contributed by atoms with Crippen LogP contribution in [0.2, 0.25) is 0 Å². The molecule has 0 atom stereocenters. The zero-order valence-electron chi connectivity index (χ0n) is 10.9. The monoisotopic (exact) mass is 282 g/mol. The maximum atomic E-state index is 13.5. The molecule has 6 heteroatoms. The Kier molecular flexibility index (Phi) is 3.42. The lowest BCUT2D eigenvalue weighted by Crippen LogP contribution is -2.13. The van der Waals surface area contributed by atoms with Crippen molar-refractivity contribution in [3.05, 3.63) is 66.4 Å². The van der Waals surface area contributed by atoms with E-state index in [2.05, 4.69) is 20.5 Å². The first-order valence-electron chi connectivity index (χ1n) is 6.25. The van der Waals surface area contributed by atoms with Crippen molar-refractivity contribution in [2.75, 3.05) is 5.32 Å². The minimum Gasteiger partial charge on any atom is -0.322 e. The zero-order valence-corrected chi connectivity index (χ0v) is 10.9. The number of pyridine rings is 1. The first kappa shape index (κ1) is 13.0. The van der Waals surface area contributed by atoms with Gasteiger partial charge in [-0.2, -0.15) is 5.10 Å². The second kappa shape index (κ2) is 5.54. The van der Waals surface area contributed by atoms with Crippen molar-refractivity contribution in [3.63, 3.8) is 0 Å². The molecule has 0 aliphatic carbocycles. The molecule has 1 amide bonds. The topological polar surface area (TPSA) is 70.7 Å². The van der Waals surface area contributed by atoms with Crippen molar-refractivity contribution in [1.82, 2.24) is 15.2 Å². The summed E-state index contributed by atoms with van der Waals surface area (Å²) in [6, 6.07) is 10.3. The number of halogens is 1. The molecule has 21 heavy (non-hydrogen) atoms. The summed E-state index contributed by atoms with van der Waals surface area (Å²) in [5, 5.41) is 9.37. The van der Waals surface area contributed by atoms with Gasteiger partial charge in [-0.3, -0.25) is 14.9 Å². The van der Waals surface area contributed by atoms with Gasteiger partial charge in [0, 0.05) is 18.1 Å². The van der Waals surface area contributed by atoms with E-state index in [9.17, 15) is 9.18 Å². The summed E-state index contributed by atoms with van der Waals surface area (Å²) in [5.41, 5.74) is 2.37. The molecule has 1 aromatic carbocycles. The normalized spacial score (nSPS) is 10.3. The summed E-state index contributed by atoms with van der Waals surface area (Å²) in [5.74, 6) is -1.16. The predicted molar refractivity (Wildman–Crippen MR) is 76.2 cm³/mol. The van der Waals surface area contributed by atoms with Crippen molar-refractivity contribution in [2.45, 2.75) is 0 Å². The molecule has 3 rings (SSSR count). The van der Waals surface area contributed by atoms with Gasteiger partial charge in [-0.25, -0.2) is 4.39 Å². The number of rotatable bonds is 3. The molecule has 5 nitrogen and oxygen atoms in total. The fourth-order valence-corrected chi connectivity index (χ4v) is 1.91. The molecule has 2 heterocycles. The molecular weight excluding hydrogens is 271 g/mol. The van der Waals surface area contributed by atoms with Gasteiger partial charge in [-0.05, 0) is 29.8 Å². The Bertz CT molecular complexity index is 754. The number of hydrogen-bond donors (Lipinski definition) is 2. The average Bonchev–Trinajstić information content (AvgIpc) is 3.02. The van der Waals surface area contributed by atoms with Crippen LogP contribution >= 0.6 is 0 Å². The molecule has 2 aromatic heterocycles. The van der Waals surface area contributed by atoms with E-state index in [1.165, 1.54) is 12.3 Å². The number of aromatic amines is 1. The third kappa shape index (κ3) is 2.79. The van der Waals surface area contributed by atoms with Gasteiger partial charge in [0.1, 0.15) is 0 Å². The number of benzene rings is 1. The van der Waals surface area contributed by atoms with E-state index in [1.54, 1.807) is 18.3 Å². The maximum absolute atomic E-state index is 13.5. The number of nitrogens with one attached hydrogen (secondary N) is 2. The van der Waals surface area contributed by atoms with Gasteiger partial charge in [0.15, 0.2) is 5.82 Å². The minimum atomic E-state index is -0.649. The van der Waals surface area contributed by atoms with Crippen LogP contribution in [0.1, 0.15) is 10.4 Å². The van der Waals surface area contributed by atoms with Crippen LogP contribution in [-0.4, -0.2) is 21.1 Å². The summed E-state index contributed by atoms with van der Waals surface area (Å²) >= 11 is 0. The smallest absolute Gasteiger partial charge is 0.258 e. The minimum absolute atomic E-state index is 0.0392. The maximum Gasteiger partial charge on any atom is 0.258 e. The van der Waals surface area contributed by atoms with Crippen LogP contribution in [-0.2, 0) is 0 Å². The van der Waals surface area contributed by atoms with E-state index in [4.69, 9.17) is 0 Å². The van der Waals surface area contributed by atoms with Gasteiger partial charge < -0.3 is 5.32 Å². The predicted octanol–water partition coefficient (Wildman–Crippen LogP) is 2.86. The molecule has 3 aromatic rings. The third-order valence-electron chi connectivity index (χ3n) is 2.97. The molecule has 0 aliphatic heterocycles. The van der Waals surface area contributed by atoms with Crippen LogP contribution in [0, 0.1) is 5.82 Å². The van der Waals surface area contributed by atoms with Gasteiger partial charge in [-0.1, -0.05) is 12.1 Å². The zero-order chi connectivity index (χ0) is 14.7. The number of H-pyrrole nitrogens is 1. The largest absolute Gasteiger partial charge is 0.322 e. The van der Waals surface area contributed by atoms with E-state index in [0.29, 0.717) is 5.69 Å². The van der Waals surface area contributed by atoms with Gasteiger partial charge >= 0.3 is 0 Å². The fourth-order valence-electron chi connectivity index (χ4n) is 1.91. The second-order valence-corrected chi connectivity index (χ2v) is 4.36. The summed E-state index contributed by atoms with van der Waals surface area (Å²) in [6.45, 7) is 0. The van der Waals surface area contributed by atoms with E-state index in [1.807, 2.05) is 18.2 Å². The highest BCUT2D eigenvalue weighted by Crippen LogP contribution is 2.19.